The van der Waals surface area contributed by atoms with Gasteiger partial charge in [0.15, 0.2) is 0 Å². The number of hydrogen-bond acceptors (Lipinski definition) is 0. The number of rotatable bonds is 16. The molecular formula is C22H48ClCuN. The van der Waals surface area contributed by atoms with Gasteiger partial charge in [-0.3, -0.25) is 0 Å². The van der Waals surface area contributed by atoms with Crippen LogP contribution >= 0.6 is 0 Å². The van der Waals surface area contributed by atoms with E-state index in [0.717, 1.165) is 11.8 Å². The minimum atomic E-state index is 0. The molecule has 1 nitrogen and oxygen atoms in total. The van der Waals surface area contributed by atoms with Crippen molar-refractivity contribution in [3.63, 3.8) is 0 Å². The first-order chi connectivity index (χ1) is 10.8. The molecule has 1 radical (unpaired) electrons. The van der Waals surface area contributed by atoms with Gasteiger partial charge in [0.05, 0.1) is 27.2 Å². The number of unbranched alkanes of at least 4 members (excludes halogenated alkanes) is 8. The number of halogens is 1. The Balaban J connectivity index is -0.00000242. The first kappa shape index (κ1) is 30.5. The molecule has 0 aromatic carbocycles. The second-order valence-electron chi connectivity index (χ2n) is 9.28. The van der Waals surface area contributed by atoms with Crippen molar-refractivity contribution in [3.05, 3.63) is 0 Å². The molecule has 0 atom stereocenters. The zero-order valence-electron chi connectivity index (χ0n) is 18.2. The summed E-state index contributed by atoms with van der Waals surface area (Å²) in [6.45, 7) is 12.1. The average Bonchev–Trinajstić information content (AvgIpc) is 2.44. The summed E-state index contributed by atoms with van der Waals surface area (Å²) in [5.41, 5.74) is 0. The van der Waals surface area contributed by atoms with Gasteiger partial charge in [-0.15, -0.1) is 0 Å². The monoisotopic (exact) mass is 424 g/mol. The molecule has 0 aliphatic heterocycles. The fourth-order valence-electron chi connectivity index (χ4n) is 3.36. The van der Waals surface area contributed by atoms with Crippen LogP contribution in [-0.2, 0) is 17.1 Å². The zero-order valence-corrected chi connectivity index (χ0v) is 19.9. The summed E-state index contributed by atoms with van der Waals surface area (Å²) in [7, 11) is 4.86. The maximum Gasteiger partial charge on any atom is 0.0782 e. The van der Waals surface area contributed by atoms with E-state index in [-0.39, 0.29) is 29.5 Å². The summed E-state index contributed by atoms with van der Waals surface area (Å²) in [5, 5.41) is 0. The summed E-state index contributed by atoms with van der Waals surface area (Å²) in [6, 6.07) is 0. The van der Waals surface area contributed by atoms with Gasteiger partial charge in [-0.25, -0.2) is 0 Å². The van der Waals surface area contributed by atoms with E-state index in [9.17, 15) is 0 Å². The molecule has 3 heteroatoms. The van der Waals surface area contributed by atoms with Crippen molar-refractivity contribution < 1.29 is 34.0 Å². The average molecular weight is 426 g/mol. The Labute approximate surface area is 177 Å². The van der Waals surface area contributed by atoms with Crippen molar-refractivity contribution in [2.24, 2.45) is 11.8 Å². The zero-order chi connectivity index (χ0) is 17.6. The molecule has 0 unspecified atom stereocenters. The molecule has 0 fully saturated rings. The first-order valence-corrected chi connectivity index (χ1v) is 10.7. The van der Waals surface area contributed by atoms with Gasteiger partial charge in [0.25, 0.3) is 0 Å². The molecule has 0 saturated heterocycles. The van der Waals surface area contributed by atoms with Crippen LogP contribution in [0.5, 0.6) is 0 Å². The third kappa shape index (κ3) is 24.8. The Bertz CT molecular complexity index is 230. The maximum atomic E-state index is 2.43. The molecular weight excluding hydrogens is 377 g/mol. The summed E-state index contributed by atoms with van der Waals surface area (Å²) in [4.78, 5) is 0. The topological polar surface area (TPSA) is 0 Å². The van der Waals surface area contributed by atoms with E-state index in [1.807, 2.05) is 0 Å². The number of hydrogen-bond donors (Lipinski definition) is 0. The van der Waals surface area contributed by atoms with Gasteiger partial charge >= 0.3 is 0 Å². The summed E-state index contributed by atoms with van der Waals surface area (Å²) in [6.07, 6.45) is 17.2. The Morgan fingerprint density at radius 2 is 0.800 bits per heavy atom. The van der Waals surface area contributed by atoms with E-state index < -0.39 is 0 Å². The standard InChI is InChI=1S/C22H48N.ClH.Cu/c1-21(2)17-13-9-7-11-15-19-23(5,6)20-16-12-8-10-14-18-22(3)4;;/h21-22H,7-20H2,1-6H3;1H;/q+1;;/p-1. The van der Waals surface area contributed by atoms with Crippen LogP contribution in [0.2, 0.25) is 0 Å². The van der Waals surface area contributed by atoms with Gasteiger partial charge < -0.3 is 16.9 Å². The molecule has 0 amide bonds. The number of quaternary nitrogens is 1. The van der Waals surface area contributed by atoms with Crippen molar-refractivity contribution in [3.8, 4) is 0 Å². The molecule has 0 N–H and O–H groups in total. The van der Waals surface area contributed by atoms with Crippen molar-refractivity contribution >= 4 is 0 Å². The normalized spacial score (nSPS) is 11.5. The molecule has 0 bridgehead atoms. The van der Waals surface area contributed by atoms with E-state index in [1.165, 1.54) is 94.6 Å². The minimum Gasteiger partial charge on any atom is -1.00 e. The smallest absolute Gasteiger partial charge is 0.0782 e. The first-order valence-electron chi connectivity index (χ1n) is 10.7. The van der Waals surface area contributed by atoms with Crippen molar-refractivity contribution in [2.75, 3.05) is 27.2 Å². The van der Waals surface area contributed by atoms with Crippen LogP contribution < -0.4 is 12.4 Å². The summed E-state index contributed by atoms with van der Waals surface area (Å²) < 4.78 is 1.23. The minimum absolute atomic E-state index is 0. The van der Waals surface area contributed by atoms with Gasteiger partial charge in [0.1, 0.15) is 0 Å². The van der Waals surface area contributed by atoms with Crippen LogP contribution in [0.15, 0.2) is 0 Å². The van der Waals surface area contributed by atoms with Crippen LogP contribution in [-0.4, -0.2) is 31.7 Å². The Morgan fingerprint density at radius 1 is 0.520 bits per heavy atom. The van der Waals surface area contributed by atoms with Crippen LogP contribution in [0.25, 0.3) is 0 Å². The molecule has 0 heterocycles. The van der Waals surface area contributed by atoms with Gasteiger partial charge in [-0.05, 0) is 37.5 Å². The Kier molecular flexibility index (Phi) is 23.8. The van der Waals surface area contributed by atoms with Crippen molar-refractivity contribution in [1.29, 1.82) is 0 Å². The molecule has 0 aliphatic rings. The van der Waals surface area contributed by atoms with Crippen LogP contribution in [0.1, 0.15) is 105 Å². The summed E-state index contributed by atoms with van der Waals surface area (Å²) in [5.74, 6) is 1.77. The van der Waals surface area contributed by atoms with Crippen LogP contribution in [0.4, 0.5) is 0 Å². The summed E-state index contributed by atoms with van der Waals surface area (Å²) >= 11 is 0. The predicted octanol–water partition coefficient (Wildman–Crippen LogP) is 4.06. The second-order valence-corrected chi connectivity index (χ2v) is 9.28. The van der Waals surface area contributed by atoms with E-state index >= 15 is 0 Å². The SMILES string of the molecule is CC(C)CCCCCCC[N+](C)(C)CCCCCCCC(C)C.[Cl-].[Cu]. The van der Waals surface area contributed by atoms with E-state index in [0.29, 0.717) is 0 Å². The second kappa shape index (κ2) is 19.5. The quantitative estimate of drug-likeness (QED) is 0.199. The molecule has 0 aromatic heterocycles. The van der Waals surface area contributed by atoms with Gasteiger partial charge in [-0.1, -0.05) is 79.1 Å². The van der Waals surface area contributed by atoms with E-state index in [4.69, 9.17) is 0 Å². The fourth-order valence-corrected chi connectivity index (χ4v) is 3.36. The van der Waals surface area contributed by atoms with Crippen LogP contribution in [0, 0.1) is 11.8 Å². The molecule has 0 aliphatic carbocycles. The van der Waals surface area contributed by atoms with Crippen molar-refractivity contribution in [2.45, 2.75) is 105 Å². The molecule has 0 rings (SSSR count). The Morgan fingerprint density at radius 3 is 1.12 bits per heavy atom. The molecule has 25 heavy (non-hydrogen) atoms. The molecule has 0 saturated carbocycles. The van der Waals surface area contributed by atoms with E-state index in [1.54, 1.807) is 0 Å². The Hall–Kier alpha value is 0.769. The maximum absolute atomic E-state index is 2.43. The fraction of sp³-hybridized carbons (Fsp3) is 1.00. The predicted molar refractivity (Wildman–Crippen MR) is 107 cm³/mol. The van der Waals surface area contributed by atoms with Gasteiger partial charge in [0.2, 0.25) is 0 Å². The molecule has 0 spiro atoms. The van der Waals surface area contributed by atoms with Gasteiger partial charge in [0, 0.05) is 17.1 Å². The number of nitrogens with zero attached hydrogens (tertiary/aromatic N) is 1. The molecule has 159 valence electrons. The van der Waals surface area contributed by atoms with E-state index in [2.05, 4.69) is 41.8 Å². The van der Waals surface area contributed by atoms with Crippen LogP contribution in [0.3, 0.4) is 0 Å². The third-order valence-corrected chi connectivity index (χ3v) is 5.09. The third-order valence-electron chi connectivity index (χ3n) is 5.09. The molecule has 0 aromatic rings. The largest absolute Gasteiger partial charge is 1.00 e. The van der Waals surface area contributed by atoms with Crippen molar-refractivity contribution in [1.82, 2.24) is 0 Å². The van der Waals surface area contributed by atoms with Gasteiger partial charge in [-0.2, -0.15) is 0 Å².